The molecule has 1 saturated carbocycles. The van der Waals surface area contributed by atoms with Crippen LogP contribution in [0, 0.1) is 5.92 Å². The number of hydrogen-bond donors (Lipinski definition) is 1. The van der Waals surface area contributed by atoms with Gasteiger partial charge >= 0.3 is 0 Å². The molecular formula is C14H15ClN2. The molecule has 17 heavy (non-hydrogen) atoms. The Morgan fingerprint density at radius 2 is 2.12 bits per heavy atom. The number of benzene rings is 1. The van der Waals surface area contributed by atoms with Gasteiger partial charge in [0.1, 0.15) is 0 Å². The van der Waals surface area contributed by atoms with Crippen molar-refractivity contribution in [3.63, 3.8) is 0 Å². The lowest BCUT2D eigenvalue weighted by atomic mass is 9.82. The zero-order chi connectivity index (χ0) is 11.8. The SMILES string of the molecule is CC1CC(Nc2ccc(Cl)c3ncccc23)C1. The molecule has 1 N–H and O–H groups in total. The molecular weight excluding hydrogens is 232 g/mol. The number of anilines is 1. The van der Waals surface area contributed by atoms with E-state index in [1.54, 1.807) is 6.20 Å². The Morgan fingerprint density at radius 3 is 2.88 bits per heavy atom. The molecule has 1 fully saturated rings. The lowest BCUT2D eigenvalue weighted by molar-refractivity contribution is 0.309. The van der Waals surface area contributed by atoms with E-state index < -0.39 is 0 Å². The Kier molecular flexibility index (Phi) is 2.67. The molecule has 2 nitrogen and oxygen atoms in total. The van der Waals surface area contributed by atoms with Gasteiger partial charge in [-0.1, -0.05) is 18.5 Å². The Labute approximate surface area is 106 Å². The summed E-state index contributed by atoms with van der Waals surface area (Å²) >= 11 is 6.15. The van der Waals surface area contributed by atoms with Crippen LogP contribution < -0.4 is 5.32 Å². The first-order valence-corrected chi connectivity index (χ1v) is 6.41. The maximum atomic E-state index is 6.15. The standard InChI is InChI=1S/C14H15ClN2/c1-9-7-10(8-9)17-13-5-4-12(15)14-11(13)3-2-6-16-14/h2-6,9-10,17H,7-8H2,1H3. The number of rotatable bonds is 2. The summed E-state index contributed by atoms with van der Waals surface area (Å²) in [6.07, 6.45) is 4.29. The fourth-order valence-corrected chi connectivity index (χ4v) is 2.72. The van der Waals surface area contributed by atoms with E-state index in [9.17, 15) is 0 Å². The second-order valence-electron chi connectivity index (χ2n) is 4.91. The van der Waals surface area contributed by atoms with Crippen molar-refractivity contribution in [2.45, 2.75) is 25.8 Å². The molecule has 1 aromatic carbocycles. The maximum Gasteiger partial charge on any atom is 0.0908 e. The monoisotopic (exact) mass is 246 g/mol. The average molecular weight is 247 g/mol. The van der Waals surface area contributed by atoms with Crippen LogP contribution in [-0.2, 0) is 0 Å². The van der Waals surface area contributed by atoms with E-state index in [1.807, 2.05) is 12.1 Å². The van der Waals surface area contributed by atoms with Gasteiger partial charge in [0.15, 0.2) is 0 Å². The fourth-order valence-electron chi connectivity index (χ4n) is 2.50. The van der Waals surface area contributed by atoms with Gasteiger partial charge in [-0.05, 0) is 43.0 Å². The highest BCUT2D eigenvalue weighted by atomic mass is 35.5. The Morgan fingerprint density at radius 1 is 1.29 bits per heavy atom. The second-order valence-corrected chi connectivity index (χ2v) is 5.32. The van der Waals surface area contributed by atoms with Gasteiger partial charge in [-0.15, -0.1) is 0 Å². The summed E-state index contributed by atoms with van der Waals surface area (Å²) in [6.45, 7) is 2.29. The van der Waals surface area contributed by atoms with Gasteiger partial charge in [-0.25, -0.2) is 0 Å². The zero-order valence-electron chi connectivity index (χ0n) is 9.78. The quantitative estimate of drug-likeness (QED) is 0.863. The molecule has 0 unspecified atom stereocenters. The molecule has 1 aliphatic carbocycles. The topological polar surface area (TPSA) is 24.9 Å². The van der Waals surface area contributed by atoms with Crippen LogP contribution >= 0.6 is 11.6 Å². The Balaban J connectivity index is 1.96. The van der Waals surface area contributed by atoms with E-state index in [4.69, 9.17) is 11.6 Å². The predicted molar refractivity (Wildman–Crippen MR) is 72.6 cm³/mol. The van der Waals surface area contributed by atoms with Crippen molar-refractivity contribution in [1.82, 2.24) is 4.98 Å². The minimum absolute atomic E-state index is 0.606. The first-order valence-electron chi connectivity index (χ1n) is 6.04. The third-order valence-corrected chi connectivity index (χ3v) is 3.76. The number of hydrogen-bond acceptors (Lipinski definition) is 2. The Bertz CT molecular complexity index is 547. The van der Waals surface area contributed by atoms with Gasteiger partial charge in [0.2, 0.25) is 0 Å². The van der Waals surface area contributed by atoms with Crippen LogP contribution in [0.5, 0.6) is 0 Å². The third kappa shape index (κ3) is 1.98. The van der Waals surface area contributed by atoms with E-state index >= 15 is 0 Å². The van der Waals surface area contributed by atoms with Crippen molar-refractivity contribution in [3.8, 4) is 0 Å². The molecule has 1 heterocycles. The summed E-state index contributed by atoms with van der Waals surface area (Å²) in [6, 6.07) is 8.59. The predicted octanol–water partition coefficient (Wildman–Crippen LogP) is 4.10. The van der Waals surface area contributed by atoms with Crippen LogP contribution in [0.25, 0.3) is 10.9 Å². The van der Waals surface area contributed by atoms with Crippen molar-refractivity contribution in [3.05, 3.63) is 35.5 Å². The highest BCUT2D eigenvalue weighted by molar-refractivity contribution is 6.35. The maximum absolute atomic E-state index is 6.15. The molecule has 0 atom stereocenters. The van der Waals surface area contributed by atoms with E-state index in [0.29, 0.717) is 11.1 Å². The zero-order valence-corrected chi connectivity index (χ0v) is 10.5. The summed E-state index contributed by atoms with van der Waals surface area (Å²) < 4.78 is 0. The number of nitrogens with one attached hydrogen (secondary N) is 1. The van der Waals surface area contributed by atoms with E-state index in [0.717, 1.165) is 22.5 Å². The Hall–Kier alpha value is -1.28. The largest absolute Gasteiger partial charge is 0.382 e. The molecule has 1 aromatic heterocycles. The summed E-state index contributed by atoms with van der Waals surface area (Å²) in [5.74, 6) is 0.851. The smallest absolute Gasteiger partial charge is 0.0908 e. The summed E-state index contributed by atoms with van der Waals surface area (Å²) in [5, 5.41) is 5.41. The molecule has 0 amide bonds. The number of fused-ring (bicyclic) bond motifs is 1. The van der Waals surface area contributed by atoms with Gasteiger partial charge in [-0.3, -0.25) is 4.98 Å². The highest BCUT2D eigenvalue weighted by Gasteiger charge is 2.25. The van der Waals surface area contributed by atoms with Crippen LogP contribution in [-0.4, -0.2) is 11.0 Å². The first-order chi connectivity index (χ1) is 8.24. The lowest BCUT2D eigenvalue weighted by Gasteiger charge is -2.34. The van der Waals surface area contributed by atoms with Crippen molar-refractivity contribution in [1.29, 1.82) is 0 Å². The summed E-state index contributed by atoms with van der Waals surface area (Å²) in [4.78, 5) is 4.34. The van der Waals surface area contributed by atoms with Crippen LogP contribution in [0.15, 0.2) is 30.5 Å². The fraction of sp³-hybridized carbons (Fsp3) is 0.357. The minimum Gasteiger partial charge on any atom is -0.382 e. The summed E-state index contributed by atoms with van der Waals surface area (Å²) in [7, 11) is 0. The molecule has 2 aromatic rings. The van der Waals surface area contributed by atoms with Gasteiger partial charge < -0.3 is 5.32 Å². The molecule has 0 aliphatic heterocycles. The van der Waals surface area contributed by atoms with E-state index in [-0.39, 0.29) is 0 Å². The van der Waals surface area contributed by atoms with Crippen LogP contribution in [0.3, 0.4) is 0 Å². The van der Waals surface area contributed by atoms with Gasteiger partial charge in [-0.2, -0.15) is 0 Å². The number of nitrogens with zero attached hydrogens (tertiary/aromatic N) is 1. The van der Waals surface area contributed by atoms with Crippen LogP contribution in [0.4, 0.5) is 5.69 Å². The second kappa shape index (κ2) is 4.19. The first kappa shape index (κ1) is 10.8. The number of halogens is 1. The highest BCUT2D eigenvalue weighted by Crippen LogP contribution is 2.33. The minimum atomic E-state index is 0.606. The molecule has 3 rings (SSSR count). The molecule has 0 saturated heterocycles. The third-order valence-electron chi connectivity index (χ3n) is 3.45. The molecule has 3 heteroatoms. The van der Waals surface area contributed by atoms with Crippen LogP contribution in [0.1, 0.15) is 19.8 Å². The van der Waals surface area contributed by atoms with E-state index in [2.05, 4.69) is 29.4 Å². The van der Waals surface area contributed by atoms with Crippen LogP contribution in [0.2, 0.25) is 5.02 Å². The summed E-state index contributed by atoms with van der Waals surface area (Å²) in [5.41, 5.74) is 2.03. The van der Waals surface area contributed by atoms with Gasteiger partial charge in [0.05, 0.1) is 10.5 Å². The van der Waals surface area contributed by atoms with Gasteiger partial charge in [0, 0.05) is 23.3 Å². The van der Waals surface area contributed by atoms with Crippen molar-refractivity contribution >= 4 is 28.2 Å². The van der Waals surface area contributed by atoms with Crippen molar-refractivity contribution in [2.75, 3.05) is 5.32 Å². The molecule has 0 spiro atoms. The molecule has 0 radical (unpaired) electrons. The molecule has 88 valence electrons. The average Bonchev–Trinajstić information content (AvgIpc) is 2.31. The van der Waals surface area contributed by atoms with Crippen molar-refractivity contribution < 1.29 is 0 Å². The van der Waals surface area contributed by atoms with Crippen molar-refractivity contribution in [2.24, 2.45) is 5.92 Å². The molecule has 1 aliphatic rings. The normalized spacial score (nSPS) is 23.4. The lowest BCUT2D eigenvalue weighted by Crippen LogP contribution is -2.33. The molecule has 0 bridgehead atoms. The number of aromatic nitrogens is 1. The number of pyridine rings is 1. The van der Waals surface area contributed by atoms with E-state index in [1.165, 1.54) is 12.8 Å². The van der Waals surface area contributed by atoms with Gasteiger partial charge in [0.25, 0.3) is 0 Å².